The number of carbonyl (C=O) groups is 1. The summed E-state index contributed by atoms with van der Waals surface area (Å²) in [6, 6.07) is 1.79. The van der Waals surface area contributed by atoms with Crippen LogP contribution in [0.4, 0.5) is 5.82 Å². The molecule has 2 rings (SSSR count). The van der Waals surface area contributed by atoms with Gasteiger partial charge in [0.05, 0.1) is 0 Å². The summed E-state index contributed by atoms with van der Waals surface area (Å²) in [4.78, 5) is 11.5. The van der Waals surface area contributed by atoms with Gasteiger partial charge in [-0.25, -0.2) is 0 Å². The number of hydrogen-bond donors (Lipinski definition) is 2. The average molecular weight is 223 g/mol. The number of nitrogens with zero attached hydrogens (tertiary/aromatic N) is 3. The van der Waals surface area contributed by atoms with Crippen LogP contribution in [0.2, 0.25) is 0 Å². The number of H-pyrrole nitrogens is 1. The molecule has 0 saturated heterocycles. The third kappa shape index (κ3) is 2.18. The van der Waals surface area contributed by atoms with E-state index >= 15 is 0 Å². The zero-order chi connectivity index (χ0) is 10.7. The molecule has 0 aliphatic heterocycles. The van der Waals surface area contributed by atoms with Crippen molar-refractivity contribution < 1.29 is 4.79 Å². The van der Waals surface area contributed by atoms with Crippen LogP contribution < -0.4 is 5.32 Å². The van der Waals surface area contributed by atoms with Crippen LogP contribution >= 0.6 is 11.5 Å². The van der Waals surface area contributed by atoms with E-state index in [2.05, 4.69) is 25.1 Å². The highest BCUT2D eigenvalue weighted by molar-refractivity contribution is 7.03. The smallest absolute Gasteiger partial charge is 0.278 e. The van der Waals surface area contributed by atoms with Crippen LogP contribution in [0.3, 0.4) is 0 Å². The van der Waals surface area contributed by atoms with E-state index in [1.165, 1.54) is 0 Å². The van der Waals surface area contributed by atoms with Crippen molar-refractivity contribution in [3.05, 3.63) is 22.8 Å². The van der Waals surface area contributed by atoms with Gasteiger partial charge in [0.2, 0.25) is 0 Å². The topological polar surface area (TPSA) is 83.6 Å². The monoisotopic (exact) mass is 223 g/mol. The Kier molecular flexibility index (Phi) is 2.72. The van der Waals surface area contributed by atoms with Crippen molar-refractivity contribution in [2.24, 2.45) is 0 Å². The summed E-state index contributed by atoms with van der Waals surface area (Å²) >= 11 is 1.14. The summed E-state index contributed by atoms with van der Waals surface area (Å²) in [7, 11) is 0. The molecule has 0 bridgehead atoms. The zero-order valence-electron chi connectivity index (χ0n) is 8.02. The maximum Gasteiger partial charge on any atom is 0.278 e. The van der Waals surface area contributed by atoms with Crippen molar-refractivity contribution in [1.82, 2.24) is 19.8 Å². The van der Waals surface area contributed by atoms with Gasteiger partial charge in [-0.3, -0.25) is 9.89 Å². The molecular weight excluding hydrogens is 214 g/mol. The van der Waals surface area contributed by atoms with Crippen LogP contribution in [-0.4, -0.2) is 25.7 Å². The van der Waals surface area contributed by atoms with Gasteiger partial charge in [-0.1, -0.05) is 11.4 Å². The Hall–Kier alpha value is -1.76. The normalized spacial score (nSPS) is 10.2. The van der Waals surface area contributed by atoms with E-state index in [1.807, 2.05) is 6.92 Å². The first-order valence-corrected chi connectivity index (χ1v) is 5.26. The molecule has 0 unspecified atom stereocenters. The van der Waals surface area contributed by atoms with Crippen LogP contribution in [0.5, 0.6) is 0 Å². The second kappa shape index (κ2) is 4.18. The third-order valence-electron chi connectivity index (χ3n) is 1.85. The van der Waals surface area contributed by atoms with Crippen LogP contribution in [0.15, 0.2) is 11.4 Å². The highest BCUT2D eigenvalue weighted by Crippen LogP contribution is 2.07. The second-order valence-corrected chi connectivity index (χ2v) is 3.49. The number of anilines is 1. The van der Waals surface area contributed by atoms with Crippen molar-refractivity contribution >= 4 is 23.3 Å². The van der Waals surface area contributed by atoms with Crippen molar-refractivity contribution in [2.45, 2.75) is 13.3 Å². The third-order valence-corrected chi connectivity index (χ3v) is 2.35. The van der Waals surface area contributed by atoms with Gasteiger partial charge >= 0.3 is 0 Å². The second-order valence-electron chi connectivity index (χ2n) is 2.88. The number of hydrogen-bond acceptors (Lipinski definition) is 5. The lowest BCUT2D eigenvalue weighted by atomic mass is 10.3. The maximum atomic E-state index is 11.5. The number of aromatic nitrogens is 4. The maximum absolute atomic E-state index is 11.5. The predicted octanol–water partition coefficient (Wildman–Crippen LogP) is 1.08. The molecular formula is C8H9N5OS. The fraction of sp³-hybridized carbons (Fsp3) is 0.250. The largest absolute Gasteiger partial charge is 0.304 e. The van der Waals surface area contributed by atoms with E-state index < -0.39 is 0 Å². The zero-order valence-corrected chi connectivity index (χ0v) is 8.84. The first kappa shape index (κ1) is 9.78. The molecule has 0 fully saturated rings. The minimum absolute atomic E-state index is 0.294. The fourth-order valence-electron chi connectivity index (χ4n) is 1.05. The van der Waals surface area contributed by atoms with Crippen molar-refractivity contribution in [3.8, 4) is 0 Å². The molecule has 0 spiro atoms. The van der Waals surface area contributed by atoms with Crippen LogP contribution in [0.1, 0.15) is 23.1 Å². The Morgan fingerprint density at radius 2 is 2.53 bits per heavy atom. The van der Waals surface area contributed by atoms with Gasteiger partial charge in [0.25, 0.3) is 5.91 Å². The highest BCUT2D eigenvalue weighted by atomic mass is 32.1. The van der Waals surface area contributed by atoms with Gasteiger partial charge in [0.1, 0.15) is 0 Å². The summed E-state index contributed by atoms with van der Waals surface area (Å²) in [5.41, 5.74) is 1.28. The molecule has 1 amide bonds. The van der Waals surface area contributed by atoms with Crippen molar-refractivity contribution in [1.29, 1.82) is 0 Å². The van der Waals surface area contributed by atoms with Gasteiger partial charge in [-0.2, -0.15) is 5.10 Å². The summed E-state index contributed by atoms with van der Waals surface area (Å²) in [5, 5.41) is 14.6. The predicted molar refractivity (Wildman–Crippen MR) is 55.8 cm³/mol. The molecule has 6 nitrogen and oxygen atoms in total. The molecule has 78 valence electrons. The molecule has 0 aliphatic carbocycles. The molecule has 2 aromatic heterocycles. The Bertz CT molecular complexity index is 449. The molecule has 0 radical (unpaired) electrons. The van der Waals surface area contributed by atoms with E-state index in [0.29, 0.717) is 11.5 Å². The number of rotatable bonds is 3. The average Bonchev–Trinajstić information content (AvgIpc) is 2.87. The fourth-order valence-corrected chi connectivity index (χ4v) is 1.49. The Balaban J connectivity index is 2.06. The van der Waals surface area contributed by atoms with Gasteiger partial charge in [0.15, 0.2) is 11.5 Å². The van der Waals surface area contributed by atoms with Gasteiger partial charge in [-0.05, 0) is 18.0 Å². The summed E-state index contributed by atoms with van der Waals surface area (Å²) < 4.78 is 3.61. The van der Waals surface area contributed by atoms with Gasteiger partial charge in [-0.15, -0.1) is 5.10 Å². The number of carbonyl (C=O) groups excluding carboxylic acids is 1. The Labute approximate surface area is 89.9 Å². The van der Waals surface area contributed by atoms with E-state index in [9.17, 15) is 4.79 Å². The van der Waals surface area contributed by atoms with Crippen LogP contribution in [0.25, 0.3) is 0 Å². The lowest BCUT2D eigenvalue weighted by molar-refractivity contribution is 0.102. The lowest BCUT2D eigenvalue weighted by Crippen LogP contribution is -2.12. The van der Waals surface area contributed by atoms with Crippen molar-refractivity contribution in [2.75, 3.05) is 5.32 Å². The first-order valence-electron chi connectivity index (χ1n) is 4.42. The standard InChI is InChI=1S/C8H9N5OS/c1-2-5-3-7(12-10-5)9-8(14)6-4-15-13-11-6/h3-4H,2H2,1H3,(H2,9,10,12,14). The first-order chi connectivity index (χ1) is 7.29. The Morgan fingerprint density at radius 3 is 3.13 bits per heavy atom. The molecule has 15 heavy (non-hydrogen) atoms. The number of amides is 1. The summed E-state index contributed by atoms with van der Waals surface area (Å²) in [6.07, 6.45) is 0.848. The van der Waals surface area contributed by atoms with Crippen molar-refractivity contribution in [3.63, 3.8) is 0 Å². The summed E-state index contributed by atoms with van der Waals surface area (Å²) in [6.45, 7) is 2.00. The lowest BCUT2D eigenvalue weighted by Gasteiger charge is -1.95. The Morgan fingerprint density at radius 1 is 1.67 bits per heavy atom. The number of aryl methyl sites for hydroxylation is 1. The molecule has 7 heteroatoms. The molecule has 0 atom stereocenters. The molecule has 0 aliphatic rings. The molecule has 0 saturated carbocycles. The van der Waals surface area contributed by atoms with E-state index in [0.717, 1.165) is 23.6 Å². The molecule has 2 heterocycles. The molecule has 2 N–H and O–H groups in total. The van der Waals surface area contributed by atoms with E-state index in [1.54, 1.807) is 11.4 Å². The van der Waals surface area contributed by atoms with Crippen LogP contribution in [-0.2, 0) is 6.42 Å². The number of nitrogens with one attached hydrogen (secondary N) is 2. The molecule has 0 aromatic carbocycles. The number of aromatic amines is 1. The summed E-state index contributed by atoms with van der Waals surface area (Å²) in [5.74, 6) is 0.211. The highest BCUT2D eigenvalue weighted by Gasteiger charge is 2.10. The minimum Gasteiger partial charge on any atom is -0.304 e. The van der Waals surface area contributed by atoms with Gasteiger partial charge in [0, 0.05) is 17.1 Å². The molecule has 2 aromatic rings. The quantitative estimate of drug-likeness (QED) is 0.815. The van der Waals surface area contributed by atoms with E-state index in [-0.39, 0.29) is 5.91 Å². The minimum atomic E-state index is -0.294. The SMILES string of the molecule is CCc1cc(NC(=O)c2csnn2)n[nH]1. The van der Waals surface area contributed by atoms with Crippen LogP contribution in [0, 0.1) is 0 Å². The van der Waals surface area contributed by atoms with Gasteiger partial charge < -0.3 is 5.32 Å². The van der Waals surface area contributed by atoms with E-state index in [4.69, 9.17) is 0 Å².